The first-order valence-electron chi connectivity index (χ1n) is 6.80. The summed E-state index contributed by atoms with van der Waals surface area (Å²) in [6.07, 6.45) is 3.91. The zero-order valence-corrected chi connectivity index (χ0v) is 12.5. The maximum Gasteiger partial charge on any atom is 0.407 e. The molecule has 1 aliphatic heterocycles. The Morgan fingerprint density at radius 2 is 2.33 bits per heavy atom. The number of alkyl carbamates (subject to hydrolysis) is 1. The number of nitrogens with zero attached hydrogens (tertiary/aromatic N) is 3. The first-order chi connectivity index (χ1) is 10.1. The van der Waals surface area contributed by atoms with Crippen molar-refractivity contribution in [3.8, 4) is 0 Å². The van der Waals surface area contributed by atoms with Crippen LogP contribution in [0.25, 0.3) is 0 Å². The molecular weight excluding hydrogens is 296 g/mol. The van der Waals surface area contributed by atoms with Crippen LogP contribution in [0.1, 0.15) is 30.3 Å². The van der Waals surface area contributed by atoms with Crippen molar-refractivity contribution in [3.63, 3.8) is 0 Å². The van der Waals surface area contributed by atoms with Gasteiger partial charge in [-0.05, 0) is 19.8 Å². The molecule has 1 aromatic heterocycles. The normalized spacial score (nSPS) is 18.2. The van der Waals surface area contributed by atoms with Gasteiger partial charge in [-0.3, -0.25) is 9.78 Å². The molecule has 7 nitrogen and oxygen atoms in total. The Kier molecular flexibility index (Phi) is 5.32. The number of aromatic nitrogens is 2. The van der Waals surface area contributed by atoms with Gasteiger partial charge in [0, 0.05) is 19.1 Å². The van der Waals surface area contributed by atoms with Crippen molar-refractivity contribution in [1.29, 1.82) is 0 Å². The topological polar surface area (TPSA) is 84.4 Å². The van der Waals surface area contributed by atoms with Crippen LogP contribution < -0.4 is 5.32 Å². The van der Waals surface area contributed by atoms with Gasteiger partial charge in [-0.2, -0.15) is 0 Å². The van der Waals surface area contributed by atoms with Gasteiger partial charge in [-0.15, -0.1) is 0 Å². The zero-order chi connectivity index (χ0) is 15.2. The molecule has 1 aliphatic rings. The molecule has 1 fully saturated rings. The van der Waals surface area contributed by atoms with Gasteiger partial charge >= 0.3 is 6.09 Å². The molecule has 114 valence electrons. The van der Waals surface area contributed by atoms with Gasteiger partial charge in [0.2, 0.25) is 0 Å². The molecule has 0 aliphatic carbocycles. The lowest BCUT2D eigenvalue weighted by Crippen LogP contribution is -2.49. The summed E-state index contributed by atoms with van der Waals surface area (Å²) in [7, 11) is 0. The highest BCUT2D eigenvalue weighted by Gasteiger charge is 2.26. The zero-order valence-electron chi connectivity index (χ0n) is 11.7. The van der Waals surface area contributed by atoms with Crippen LogP contribution in [-0.4, -0.2) is 52.6 Å². The predicted molar refractivity (Wildman–Crippen MR) is 76.1 cm³/mol. The Labute approximate surface area is 127 Å². The fraction of sp³-hybridized carbons (Fsp3) is 0.538. The molecule has 1 unspecified atom stereocenters. The standard InChI is InChI=1S/C13H17ClN4O3/c1-2-21-13(20)16-9-4-3-5-18(8-9)12(19)10-6-15-7-11(14)17-10/h6-7,9H,2-5,8H2,1H3,(H,16,20). The van der Waals surface area contributed by atoms with E-state index in [4.69, 9.17) is 16.3 Å². The van der Waals surface area contributed by atoms with E-state index in [9.17, 15) is 9.59 Å². The molecule has 1 atom stereocenters. The first kappa shape index (κ1) is 15.5. The summed E-state index contributed by atoms with van der Waals surface area (Å²) in [5.41, 5.74) is 0.208. The number of amides is 2. The summed E-state index contributed by atoms with van der Waals surface area (Å²) in [6, 6.07) is -0.117. The quantitative estimate of drug-likeness (QED) is 0.914. The molecule has 1 aromatic rings. The predicted octanol–water partition coefficient (Wildman–Crippen LogP) is 1.48. The number of rotatable bonds is 3. The number of carbonyl (C=O) groups excluding carboxylic acids is 2. The van der Waals surface area contributed by atoms with E-state index in [1.54, 1.807) is 11.8 Å². The highest BCUT2D eigenvalue weighted by molar-refractivity contribution is 6.29. The molecule has 1 saturated heterocycles. The van der Waals surface area contributed by atoms with Crippen molar-refractivity contribution in [2.24, 2.45) is 0 Å². The van der Waals surface area contributed by atoms with Crippen molar-refractivity contribution in [2.75, 3.05) is 19.7 Å². The van der Waals surface area contributed by atoms with Crippen molar-refractivity contribution in [1.82, 2.24) is 20.2 Å². The van der Waals surface area contributed by atoms with Crippen LogP contribution >= 0.6 is 11.6 Å². The molecule has 2 amide bonds. The number of hydrogen-bond donors (Lipinski definition) is 1. The molecule has 2 rings (SSSR count). The van der Waals surface area contributed by atoms with Gasteiger partial charge < -0.3 is 15.0 Å². The van der Waals surface area contributed by atoms with Gasteiger partial charge in [0.1, 0.15) is 10.8 Å². The smallest absolute Gasteiger partial charge is 0.407 e. The molecule has 0 aromatic carbocycles. The Morgan fingerprint density at radius 1 is 1.52 bits per heavy atom. The average molecular weight is 313 g/mol. The van der Waals surface area contributed by atoms with Crippen LogP contribution in [0.2, 0.25) is 5.15 Å². The van der Waals surface area contributed by atoms with Crippen molar-refractivity contribution in [3.05, 3.63) is 23.2 Å². The third kappa shape index (κ3) is 4.29. The second kappa shape index (κ2) is 7.21. The molecule has 1 N–H and O–H groups in total. The minimum absolute atomic E-state index is 0.117. The monoisotopic (exact) mass is 312 g/mol. The van der Waals surface area contributed by atoms with Gasteiger partial charge in [-0.1, -0.05) is 11.6 Å². The van der Waals surface area contributed by atoms with Crippen molar-refractivity contribution >= 4 is 23.6 Å². The summed E-state index contributed by atoms with van der Waals surface area (Å²) in [5, 5.41) is 2.93. The fourth-order valence-electron chi connectivity index (χ4n) is 2.23. The number of hydrogen-bond acceptors (Lipinski definition) is 5. The van der Waals surface area contributed by atoms with E-state index in [-0.39, 0.29) is 22.8 Å². The van der Waals surface area contributed by atoms with Gasteiger partial charge in [0.05, 0.1) is 19.0 Å². The van der Waals surface area contributed by atoms with E-state index >= 15 is 0 Å². The van der Waals surface area contributed by atoms with Gasteiger partial charge in [0.25, 0.3) is 5.91 Å². The molecular formula is C13H17ClN4O3. The second-order valence-electron chi connectivity index (χ2n) is 4.68. The van der Waals surface area contributed by atoms with E-state index < -0.39 is 6.09 Å². The van der Waals surface area contributed by atoms with Crippen LogP contribution in [0.5, 0.6) is 0 Å². The lowest BCUT2D eigenvalue weighted by Gasteiger charge is -2.32. The van der Waals surface area contributed by atoms with Crippen molar-refractivity contribution in [2.45, 2.75) is 25.8 Å². The average Bonchev–Trinajstić information content (AvgIpc) is 2.47. The molecule has 21 heavy (non-hydrogen) atoms. The lowest BCUT2D eigenvalue weighted by atomic mass is 10.1. The van der Waals surface area contributed by atoms with Crippen molar-refractivity contribution < 1.29 is 14.3 Å². The molecule has 2 heterocycles. The van der Waals surface area contributed by atoms with Crippen LogP contribution in [0.15, 0.2) is 12.4 Å². The van der Waals surface area contributed by atoms with Gasteiger partial charge in [0.15, 0.2) is 0 Å². The van der Waals surface area contributed by atoms with E-state index in [1.165, 1.54) is 12.4 Å². The number of halogens is 1. The van der Waals surface area contributed by atoms with Crippen LogP contribution in [0.3, 0.4) is 0 Å². The first-order valence-corrected chi connectivity index (χ1v) is 7.18. The summed E-state index contributed by atoms with van der Waals surface area (Å²) in [6.45, 7) is 3.10. The molecule has 0 spiro atoms. The summed E-state index contributed by atoms with van der Waals surface area (Å²) >= 11 is 5.74. The second-order valence-corrected chi connectivity index (χ2v) is 5.07. The molecule has 0 bridgehead atoms. The van der Waals surface area contributed by atoms with E-state index in [1.807, 2.05) is 0 Å². The number of carbonyl (C=O) groups is 2. The summed E-state index contributed by atoms with van der Waals surface area (Å²) in [4.78, 5) is 33.2. The Bertz CT molecular complexity index is 526. The Hall–Kier alpha value is -1.89. The number of nitrogens with one attached hydrogen (secondary N) is 1. The molecule has 0 saturated carbocycles. The number of ether oxygens (including phenoxy) is 1. The fourth-order valence-corrected chi connectivity index (χ4v) is 2.37. The minimum Gasteiger partial charge on any atom is -0.450 e. The maximum atomic E-state index is 12.3. The lowest BCUT2D eigenvalue weighted by molar-refractivity contribution is 0.0680. The summed E-state index contributed by atoms with van der Waals surface area (Å²) < 4.78 is 4.85. The van der Waals surface area contributed by atoms with E-state index in [2.05, 4.69) is 15.3 Å². The highest BCUT2D eigenvalue weighted by Crippen LogP contribution is 2.14. The van der Waals surface area contributed by atoms with Gasteiger partial charge in [-0.25, -0.2) is 9.78 Å². The minimum atomic E-state index is -0.459. The maximum absolute atomic E-state index is 12.3. The third-order valence-corrected chi connectivity index (χ3v) is 3.31. The molecule has 0 radical (unpaired) electrons. The van der Waals surface area contributed by atoms with E-state index in [0.717, 1.165) is 12.8 Å². The van der Waals surface area contributed by atoms with Crippen LogP contribution in [0, 0.1) is 0 Å². The summed E-state index contributed by atoms with van der Waals surface area (Å²) in [5.74, 6) is -0.236. The number of likely N-dealkylation sites (tertiary alicyclic amines) is 1. The Morgan fingerprint density at radius 3 is 3.05 bits per heavy atom. The third-order valence-electron chi connectivity index (χ3n) is 3.13. The highest BCUT2D eigenvalue weighted by atomic mass is 35.5. The van der Waals surface area contributed by atoms with E-state index in [0.29, 0.717) is 19.7 Å². The largest absolute Gasteiger partial charge is 0.450 e. The van der Waals surface area contributed by atoms with Crippen LogP contribution in [0.4, 0.5) is 4.79 Å². The molecule has 8 heteroatoms. The number of piperidine rings is 1. The Balaban J connectivity index is 1.97. The van der Waals surface area contributed by atoms with Crippen LogP contribution in [-0.2, 0) is 4.74 Å². The SMILES string of the molecule is CCOC(=O)NC1CCCN(C(=O)c2cncc(Cl)n2)C1.